The van der Waals surface area contributed by atoms with E-state index in [0.717, 1.165) is 19.3 Å². The van der Waals surface area contributed by atoms with Crippen LogP contribution < -0.4 is 0 Å². The molecule has 0 spiro atoms. The zero-order chi connectivity index (χ0) is 16.7. The number of fused-ring (bicyclic) bond motifs is 3. The Balaban J connectivity index is 1.83. The summed E-state index contributed by atoms with van der Waals surface area (Å²) >= 11 is 0. The molecule has 0 N–H and O–H groups in total. The summed E-state index contributed by atoms with van der Waals surface area (Å²) in [5, 5.41) is 0. The van der Waals surface area contributed by atoms with Gasteiger partial charge in [-0.1, -0.05) is 60.7 Å². The normalized spacial score (nSPS) is 22.5. The van der Waals surface area contributed by atoms with E-state index in [1.807, 2.05) is 0 Å². The van der Waals surface area contributed by atoms with Crippen molar-refractivity contribution in [3.63, 3.8) is 0 Å². The molecule has 25 heavy (non-hydrogen) atoms. The van der Waals surface area contributed by atoms with Crippen molar-refractivity contribution in [3.05, 3.63) is 99.7 Å². The van der Waals surface area contributed by atoms with Crippen LogP contribution in [0.1, 0.15) is 42.4 Å². The highest BCUT2D eigenvalue weighted by atomic mass is 14.4. The average molecular weight is 320 g/mol. The second-order valence-corrected chi connectivity index (χ2v) is 7.83. The molecule has 0 fully saturated rings. The first kappa shape index (κ1) is 13.7. The van der Waals surface area contributed by atoms with Gasteiger partial charge in [0.1, 0.15) is 0 Å². The fourth-order valence-corrected chi connectivity index (χ4v) is 5.49. The monoisotopic (exact) mass is 320 g/mol. The molecule has 1 atom stereocenters. The standard InChI is InChI=1S/C25H20/c1-14-12-21-15(2)17-11-10-16-6-5-9-20-18-7-3-4-8-19(18)22(13-14)24(21)25(17)23(16)20/h3-9,12,22H,2,10-11,13H2,1H3. The van der Waals surface area contributed by atoms with E-state index in [-0.39, 0.29) is 0 Å². The topological polar surface area (TPSA) is 0 Å². The Bertz CT molecular complexity index is 1080. The lowest BCUT2D eigenvalue weighted by atomic mass is 9.77. The molecule has 6 rings (SSSR count). The SMILES string of the molecule is C=C1C2=C3C4=C1CCc1cccc(c14)-c1ccccc1C3CC(C)=C2. The second-order valence-electron chi connectivity index (χ2n) is 7.83. The van der Waals surface area contributed by atoms with Gasteiger partial charge in [0.2, 0.25) is 0 Å². The molecule has 120 valence electrons. The minimum Gasteiger partial charge on any atom is -0.0908 e. The highest BCUT2D eigenvalue weighted by Crippen LogP contribution is 2.59. The van der Waals surface area contributed by atoms with Crippen molar-refractivity contribution in [3.8, 4) is 11.1 Å². The maximum atomic E-state index is 4.51. The van der Waals surface area contributed by atoms with Gasteiger partial charge in [-0.05, 0) is 81.9 Å². The van der Waals surface area contributed by atoms with E-state index in [0.29, 0.717) is 5.92 Å². The van der Waals surface area contributed by atoms with Gasteiger partial charge in [0.25, 0.3) is 0 Å². The minimum atomic E-state index is 0.471. The molecule has 0 radical (unpaired) electrons. The molecule has 2 aromatic rings. The quantitative estimate of drug-likeness (QED) is 0.529. The van der Waals surface area contributed by atoms with Crippen LogP contribution in [0.25, 0.3) is 16.7 Å². The Kier molecular flexibility index (Phi) is 2.47. The van der Waals surface area contributed by atoms with E-state index in [2.05, 4.69) is 62.0 Å². The van der Waals surface area contributed by atoms with Crippen molar-refractivity contribution in [1.82, 2.24) is 0 Å². The summed E-state index contributed by atoms with van der Waals surface area (Å²) in [6, 6.07) is 16.0. The lowest BCUT2D eigenvalue weighted by Crippen LogP contribution is -2.09. The van der Waals surface area contributed by atoms with E-state index >= 15 is 0 Å². The number of aryl methyl sites for hydroxylation is 1. The van der Waals surface area contributed by atoms with E-state index in [1.54, 1.807) is 5.57 Å². The Morgan fingerprint density at radius 1 is 0.960 bits per heavy atom. The fraction of sp³-hybridized carbons (Fsp3) is 0.200. The van der Waals surface area contributed by atoms with Crippen LogP contribution in [0.5, 0.6) is 0 Å². The lowest BCUT2D eigenvalue weighted by Gasteiger charge is -2.26. The molecular formula is C25H20. The first-order chi connectivity index (χ1) is 12.2. The summed E-state index contributed by atoms with van der Waals surface area (Å²) < 4.78 is 0. The summed E-state index contributed by atoms with van der Waals surface area (Å²) in [5.74, 6) is 0.471. The molecular weight excluding hydrogens is 300 g/mol. The zero-order valence-corrected chi connectivity index (χ0v) is 14.5. The first-order valence-corrected chi connectivity index (χ1v) is 9.30. The van der Waals surface area contributed by atoms with E-state index in [4.69, 9.17) is 0 Å². The van der Waals surface area contributed by atoms with Crippen molar-refractivity contribution in [2.45, 2.75) is 32.1 Å². The van der Waals surface area contributed by atoms with Gasteiger partial charge in [0.15, 0.2) is 0 Å². The predicted molar refractivity (Wildman–Crippen MR) is 104 cm³/mol. The Morgan fingerprint density at radius 2 is 1.80 bits per heavy atom. The summed E-state index contributed by atoms with van der Waals surface area (Å²) in [4.78, 5) is 0. The van der Waals surface area contributed by atoms with Gasteiger partial charge in [0.05, 0.1) is 0 Å². The molecule has 0 heteroatoms. The number of allylic oxidation sites excluding steroid dienone is 7. The fourth-order valence-electron chi connectivity index (χ4n) is 5.49. The molecule has 0 aliphatic heterocycles. The first-order valence-electron chi connectivity index (χ1n) is 9.30. The third-order valence-corrected chi connectivity index (χ3v) is 6.49. The van der Waals surface area contributed by atoms with Crippen molar-refractivity contribution < 1.29 is 0 Å². The smallest absolute Gasteiger partial charge is 0.0145 e. The third-order valence-electron chi connectivity index (χ3n) is 6.49. The van der Waals surface area contributed by atoms with E-state index < -0.39 is 0 Å². The van der Waals surface area contributed by atoms with Gasteiger partial charge >= 0.3 is 0 Å². The number of hydrogen-bond donors (Lipinski definition) is 0. The third kappa shape index (κ3) is 1.58. The number of rotatable bonds is 0. The van der Waals surface area contributed by atoms with Gasteiger partial charge in [0, 0.05) is 5.92 Å². The van der Waals surface area contributed by atoms with Gasteiger partial charge in [-0.2, -0.15) is 0 Å². The van der Waals surface area contributed by atoms with Crippen LogP contribution in [0, 0.1) is 0 Å². The van der Waals surface area contributed by atoms with Crippen LogP contribution in [-0.4, -0.2) is 0 Å². The van der Waals surface area contributed by atoms with E-state index in [9.17, 15) is 0 Å². The number of benzene rings is 2. The largest absolute Gasteiger partial charge is 0.0908 e. The highest BCUT2D eigenvalue weighted by molar-refractivity contribution is 6.02. The molecule has 0 heterocycles. The van der Waals surface area contributed by atoms with Crippen LogP contribution in [0.2, 0.25) is 0 Å². The Morgan fingerprint density at radius 3 is 2.72 bits per heavy atom. The highest BCUT2D eigenvalue weighted by Gasteiger charge is 2.41. The summed E-state index contributed by atoms with van der Waals surface area (Å²) in [6.45, 7) is 6.79. The molecule has 4 aliphatic carbocycles. The van der Waals surface area contributed by atoms with Crippen molar-refractivity contribution >= 4 is 5.57 Å². The summed E-state index contributed by atoms with van der Waals surface area (Å²) in [7, 11) is 0. The van der Waals surface area contributed by atoms with Crippen LogP contribution in [-0.2, 0) is 6.42 Å². The predicted octanol–water partition coefficient (Wildman–Crippen LogP) is 6.37. The van der Waals surface area contributed by atoms with Gasteiger partial charge < -0.3 is 0 Å². The summed E-state index contributed by atoms with van der Waals surface area (Å²) in [5.41, 5.74) is 16.1. The number of hydrogen-bond acceptors (Lipinski definition) is 0. The molecule has 2 aromatic carbocycles. The lowest BCUT2D eigenvalue weighted by molar-refractivity contribution is 0.785. The molecule has 0 bridgehead atoms. The van der Waals surface area contributed by atoms with Crippen LogP contribution in [0.3, 0.4) is 0 Å². The van der Waals surface area contributed by atoms with Crippen LogP contribution in [0.15, 0.2) is 83.0 Å². The maximum Gasteiger partial charge on any atom is 0.0145 e. The van der Waals surface area contributed by atoms with E-state index in [1.165, 1.54) is 55.7 Å². The van der Waals surface area contributed by atoms with Gasteiger partial charge in [-0.15, -0.1) is 0 Å². The Labute approximate surface area is 148 Å². The molecule has 0 saturated heterocycles. The summed E-state index contributed by atoms with van der Waals surface area (Å²) in [6.07, 6.45) is 5.80. The Hall–Kier alpha value is -2.60. The molecule has 0 nitrogen and oxygen atoms in total. The maximum absolute atomic E-state index is 4.51. The van der Waals surface area contributed by atoms with Gasteiger partial charge in [-0.25, -0.2) is 0 Å². The zero-order valence-electron chi connectivity index (χ0n) is 14.5. The molecule has 0 aromatic heterocycles. The average Bonchev–Trinajstić information content (AvgIpc) is 2.86. The second kappa shape index (κ2) is 4.52. The molecule has 0 amide bonds. The van der Waals surface area contributed by atoms with Gasteiger partial charge in [-0.3, -0.25) is 0 Å². The van der Waals surface area contributed by atoms with Crippen molar-refractivity contribution in [2.24, 2.45) is 0 Å². The van der Waals surface area contributed by atoms with Crippen molar-refractivity contribution in [2.75, 3.05) is 0 Å². The van der Waals surface area contributed by atoms with Crippen LogP contribution in [0.4, 0.5) is 0 Å². The molecule has 0 saturated carbocycles. The van der Waals surface area contributed by atoms with Crippen LogP contribution >= 0.6 is 0 Å². The molecule has 1 unspecified atom stereocenters. The molecule has 4 aliphatic rings. The minimum absolute atomic E-state index is 0.471. The van der Waals surface area contributed by atoms with Crippen molar-refractivity contribution in [1.29, 1.82) is 0 Å².